The summed E-state index contributed by atoms with van der Waals surface area (Å²) >= 11 is 0. The number of carbonyl (C=O) groups excluding carboxylic acids is 1. The van der Waals surface area contributed by atoms with Crippen LogP contribution in [-0.4, -0.2) is 32.9 Å². The quantitative estimate of drug-likeness (QED) is 0.820. The molecule has 1 aromatic carbocycles. The molecule has 142 valence electrons. The molecule has 0 atom stereocenters. The number of amides is 1. The normalized spacial score (nSPS) is 14.3. The molecular formula is C21H26N4O2. The SMILES string of the molecule is CC(C)n1nc(-c2ccc(C#N)cc2)c(C2CC2)c1C(=O)NC(C)(C)CO. The molecule has 6 heteroatoms. The van der Waals surface area contributed by atoms with Gasteiger partial charge < -0.3 is 10.4 Å². The number of nitrogens with one attached hydrogen (secondary N) is 1. The van der Waals surface area contributed by atoms with Gasteiger partial charge in [-0.1, -0.05) is 12.1 Å². The first-order valence-electron chi connectivity index (χ1n) is 9.33. The average molecular weight is 366 g/mol. The van der Waals surface area contributed by atoms with Crippen molar-refractivity contribution >= 4 is 5.91 Å². The molecule has 0 bridgehead atoms. The topological polar surface area (TPSA) is 90.9 Å². The maximum Gasteiger partial charge on any atom is 0.270 e. The lowest BCUT2D eigenvalue weighted by Crippen LogP contribution is -2.47. The van der Waals surface area contributed by atoms with Gasteiger partial charge in [0.05, 0.1) is 29.5 Å². The fourth-order valence-electron chi connectivity index (χ4n) is 3.13. The summed E-state index contributed by atoms with van der Waals surface area (Å²) in [5.41, 5.74) is 3.15. The van der Waals surface area contributed by atoms with Gasteiger partial charge in [-0.15, -0.1) is 0 Å². The van der Waals surface area contributed by atoms with E-state index in [1.807, 2.05) is 26.0 Å². The summed E-state index contributed by atoms with van der Waals surface area (Å²) in [5.74, 6) is 0.109. The summed E-state index contributed by atoms with van der Waals surface area (Å²) in [4.78, 5) is 13.1. The number of nitrogens with zero attached hydrogens (tertiary/aromatic N) is 3. The number of nitriles is 1. The van der Waals surface area contributed by atoms with Crippen LogP contribution in [0.3, 0.4) is 0 Å². The molecule has 1 heterocycles. The molecule has 1 saturated carbocycles. The number of benzene rings is 1. The fraction of sp³-hybridized carbons (Fsp3) is 0.476. The lowest BCUT2D eigenvalue weighted by molar-refractivity contribution is 0.0855. The van der Waals surface area contributed by atoms with Crippen LogP contribution in [0.15, 0.2) is 24.3 Å². The van der Waals surface area contributed by atoms with Crippen molar-refractivity contribution in [2.75, 3.05) is 6.61 Å². The first kappa shape index (κ1) is 19.1. The first-order chi connectivity index (χ1) is 12.8. The van der Waals surface area contributed by atoms with Crippen molar-refractivity contribution in [3.8, 4) is 17.3 Å². The first-order valence-corrected chi connectivity index (χ1v) is 9.33. The standard InChI is InChI=1S/C21H26N4O2/c1-13(2)25-19(20(27)23-21(3,4)12-26)17(15-9-10-15)18(24-25)16-7-5-14(11-22)6-8-16/h5-8,13,15,26H,9-10,12H2,1-4H3,(H,23,27). The number of hydrogen-bond donors (Lipinski definition) is 2. The van der Waals surface area contributed by atoms with Crippen molar-refractivity contribution in [1.82, 2.24) is 15.1 Å². The molecule has 2 N–H and O–H groups in total. The van der Waals surface area contributed by atoms with Gasteiger partial charge >= 0.3 is 0 Å². The molecule has 0 spiro atoms. The Morgan fingerprint density at radius 3 is 2.48 bits per heavy atom. The van der Waals surface area contributed by atoms with E-state index in [2.05, 4.69) is 11.4 Å². The molecule has 27 heavy (non-hydrogen) atoms. The largest absolute Gasteiger partial charge is 0.394 e. The highest BCUT2D eigenvalue weighted by Crippen LogP contribution is 2.46. The second kappa shape index (κ2) is 7.16. The minimum Gasteiger partial charge on any atom is -0.394 e. The van der Waals surface area contributed by atoms with E-state index in [1.165, 1.54) is 0 Å². The Morgan fingerprint density at radius 1 is 1.37 bits per heavy atom. The van der Waals surface area contributed by atoms with E-state index in [-0.39, 0.29) is 18.6 Å². The number of aromatic nitrogens is 2. The Morgan fingerprint density at radius 2 is 2.00 bits per heavy atom. The Bertz CT molecular complexity index is 884. The third-order valence-electron chi connectivity index (χ3n) is 4.77. The third kappa shape index (κ3) is 3.88. The lowest BCUT2D eigenvalue weighted by Gasteiger charge is -2.24. The molecule has 0 aliphatic heterocycles. The molecule has 1 amide bonds. The van der Waals surface area contributed by atoms with E-state index in [1.54, 1.807) is 30.7 Å². The number of hydrogen-bond acceptors (Lipinski definition) is 4. The molecule has 2 aromatic rings. The van der Waals surface area contributed by atoms with E-state index >= 15 is 0 Å². The van der Waals surface area contributed by atoms with Gasteiger partial charge in [0.1, 0.15) is 5.69 Å². The van der Waals surface area contributed by atoms with Gasteiger partial charge in [-0.05, 0) is 58.6 Å². The molecule has 1 aliphatic carbocycles. The lowest BCUT2D eigenvalue weighted by atomic mass is 9.99. The molecule has 6 nitrogen and oxygen atoms in total. The smallest absolute Gasteiger partial charge is 0.270 e. The Labute approximate surface area is 159 Å². The average Bonchev–Trinajstić information content (AvgIpc) is 3.40. The summed E-state index contributed by atoms with van der Waals surface area (Å²) in [5, 5.41) is 26.3. The second-order valence-electron chi connectivity index (χ2n) is 8.11. The van der Waals surface area contributed by atoms with Crippen LogP contribution in [-0.2, 0) is 0 Å². The molecule has 1 aliphatic rings. The maximum absolute atomic E-state index is 13.1. The molecule has 3 rings (SSSR count). The van der Waals surface area contributed by atoms with E-state index < -0.39 is 5.54 Å². The Kier molecular flexibility index (Phi) is 5.07. The monoisotopic (exact) mass is 366 g/mol. The predicted molar refractivity (Wildman–Crippen MR) is 103 cm³/mol. The van der Waals surface area contributed by atoms with E-state index in [0.717, 1.165) is 29.7 Å². The van der Waals surface area contributed by atoms with Gasteiger partial charge in [-0.25, -0.2) is 0 Å². The van der Waals surface area contributed by atoms with Crippen LogP contribution < -0.4 is 5.32 Å². The van der Waals surface area contributed by atoms with Crippen molar-refractivity contribution in [2.24, 2.45) is 0 Å². The molecule has 1 fully saturated rings. The van der Waals surface area contributed by atoms with E-state index in [0.29, 0.717) is 17.2 Å². The van der Waals surface area contributed by atoms with Crippen molar-refractivity contribution in [2.45, 2.75) is 58.0 Å². The highest BCUT2D eigenvalue weighted by Gasteiger charge is 2.37. The number of rotatable bonds is 6. The zero-order chi connectivity index (χ0) is 19.8. The summed E-state index contributed by atoms with van der Waals surface area (Å²) < 4.78 is 1.78. The number of aliphatic hydroxyl groups excluding tert-OH is 1. The van der Waals surface area contributed by atoms with Crippen LogP contribution in [0, 0.1) is 11.3 Å². The molecule has 0 radical (unpaired) electrons. The van der Waals surface area contributed by atoms with Gasteiger partial charge in [0.2, 0.25) is 0 Å². The van der Waals surface area contributed by atoms with Gasteiger partial charge in [0.15, 0.2) is 0 Å². The van der Waals surface area contributed by atoms with Crippen LogP contribution >= 0.6 is 0 Å². The van der Waals surface area contributed by atoms with Crippen LogP contribution in [0.5, 0.6) is 0 Å². The Hall–Kier alpha value is -2.65. The van der Waals surface area contributed by atoms with E-state index in [9.17, 15) is 9.90 Å². The van der Waals surface area contributed by atoms with Crippen molar-refractivity contribution in [3.05, 3.63) is 41.1 Å². The maximum atomic E-state index is 13.1. The van der Waals surface area contributed by atoms with Crippen LogP contribution in [0.2, 0.25) is 0 Å². The highest BCUT2D eigenvalue weighted by atomic mass is 16.3. The molecular weight excluding hydrogens is 340 g/mol. The summed E-state index contributed by atoms with van der Waals surface area (Å²) in [7, 11) is 0. The summed E-state index contributed by atoms with van der Waals surface area (Å²) in [6.45, 7) is 7.44. The zero-order valence-electron chi connectivity index (χ0n) is 16.3. The summed E-state index contributed by atoms with van der Waals surface area (Å²) in [6.07, 6.45) is 2.08. The van der Waals surface area contributed by atoms with Gasteiger partial charge in [0, 0.05) is 17.2 Å². The molecule has 0 unspecified atom stereocenters. The van der Waals surface area contributed by atoms with Gasteiger partial charge in [-0.2, -0.15) is 10.4 Å². The minimum absolute atomic E-state index is 0.0209. The van der Waals surface area contributed by atoms with Crippen LogP contribution in [0.1, 0.15) is 74.1 Å². The minimum atomic E-state index is -0.710. The number of carbonyl (C=O) groups is 1. The van der Waals surface area contributed by atoms with Crippen LogP contribution in [0.4, 0.5) is 0 Å². The van der Waals surface area contributed by atoms with Crippen molar-refractivity contribution in [1.29, 1.82) is 5.26 Å². The van der Waals surface area contributed by atoms with Crippen molar-refractivity contribution in [3.63, 3.8) is 0 Å². The molecule has 1 aromatic heterocycles. The zero-order valence-corrected chi connectivity index (χ0v) is 16.3. The van der Waals surface area contributed by atoms with Crippen LogP contribution in [0.25, 0.3) is 11.3 Å². The van der Waals surface area contributed by atoms with Gasteiger partial charge in [0.25, 0.3) is 5.91 Å². The Balaban J connectivity index is 2.13. The molecule has 0 saturated heterocycles. The number of aliphatic hydroxyl groups is 1. The highest BCUT2D eigenvalue weighted by molar-refractivity contribution is 5.97. The second-order valence-corrected chi connectivity index (χ2v) is 8.11. The predicted octanol–water partition coefficient (Wildman–Crippen LogP) is 3.38. The third-order valence-corrected chi connectivity index (χ3v) is 4.77. The van der Waals surface area contributed by atoms with E-state index in [4.69, 9.17) is 10.4 Å². The summed E-state index contributed by atoms with van der Waals surface area (Å²) in [6, 6.07) is 9.47. The fourth-order valence-corrected chi connectivity index (χ4v) is 3.13. The van der Waals surface area contributed by atoms with Gasteiger partial charge in [-0.3, -0.25) is 9.48 Å². The van der Waals surface area contributed by atoms with Crippen molar-refractivity contribution < 1.29 is 9.90 Å².